The van der Waals surface area contributed by atoms with Crippen LogP contribution in [0.4, 0.5) is 5.82 Å². The number of carbonyl (C=O) groups is 1. The van der Waals surface area contributed by atoms with Crippen LogP contribution < -0.4 is 11.1 Å². The van der Waals surface area contributed by atoms with Crippen molar-refractivity contribution < 1.29 is 9.90 Å². The average molecular weight is 273 g/mol. The van der Waals surface area contributed by atoms with Crippen LogP contribution in [0.2, 0.25) is 0 Å². The first-order valence-corrected chi connectivity index (χ1v) is 5.62. The van der Waals surface area contributed by atoms with E-state index in [0.29, 0.717) is 11.3 Å². The topological polar surface area (TPSA) is 120 Å². The Morgan fingerprint density at radius 1 is 1.45 bits per heavy atom. The molecule has 0 amide bonds. The van der Waals surface area contributed by atoms with Crippen molar-refractivity contribution >= 4 is 18.0 Å². The number of aryl methyl sites for hydroxylation is 1. The SMILES string of the molecule is Cc1n[nH]c(=O)nc1N/N=C\c1ccccc1C(=O)O. The molecule has 0 unspecified atom stereocenters. The van der Waals surface area contributed by atoms with Crippen molar-refractivity contribution in [2.24, 2.45) is 5.10 Å². The van der Waals surface area contributed by atoms with Gasteiger partial charge in [-0.2, -0.15) is 15.2 Å². The van der Waals surface area contributed by atoms with Gasteiger partial charge in [0.25, 0.3) is 0 Å². The second kappa shape index (κ2) is 5.74. The number of nitrogens with one attached hydrogen (secondary N) is 2. The molecule has 0 radical (unpaired) electrons. The van der Waals surface area contributed by atoms with Crippen molar-refractivity contribution in [3.8, 4) is 0 Å². The van der Waals surface area contributed by atoms with Crippen LogP contribution in [0.5, 0.6) is 0 Å². The van der Waals surface area contributed by atoms with Crippen LogP contribution in [0.25, 0.3) is 0 Å². The van der Waals surface area contributed by atoms with Gasteiger partial charge in [-0.3, -0.25) is 5.43 Å². The van der Waals surface area contributed by atoms with Crippen LogP contribution in [0, 0.1) is 6.92 Å². The summed E-state index contributed by atoms with van der Waals surface area (Å²) in [4.78, 5) is 25.7. The summed E-state index contributed by atoms with van der Waals surface area (Å²) >= 11 is 0. The van der Waals surface area contributed by atoms with E-state index < -0.39 is 11.7 Å². The lowest BCUT2D eigenvalue weighted by molar-refractivity contribution is 0.0697. The highest BCUT2D eigenvalue weighted by atomic mass is 16.4. The number of aromatic nitrogens is 3. The molecule has 8 nitrogen and oxygen atoms in total. The molecule has 0 fully saturated rings. The van der Waals surface area contributed by atoms with E-state index in [4.69, 9.17) is 5.11 Å². The monoisotopic (exact) mass is 273 g/mol. The number of aromatic carboxylic acids is 1. The fourth-order valence-electron chi connectivity index (χ4n) is 1.47. The Labute approximate surface area is 113 Å². The summed E-state index contributed by atoms with van der Waals surface area (Å²) in [5, 5.41) is 18.8. The van der Waals surface area contributed by atoms with Gasteiger partial charge in [-0.25, -0.2) is 14.7 Å². The van der Waals surface area contributed by atoms with Crippen LogP contribution >= 0.6 is 0 Å². The lowest BCUT2D eigenvalue weighted by atomic mass is 10.1. The molecule has 102 valence electrons. The number of benzene rings is 1. The summed E-state index contributed by atoms with van der Waals surface area (Å²) < 4.78 is 0. The van der Waals surface area contributed by atoms with Gasteiger partial charge in [0, 0.05) is 5.56 Å². The van der Waals surface area contributed by atoms with Gasteiger partial charge < -0.3 is 5.11 Å². The molecule has 0 aliphatic carbocycles. The van der Waals surface area contributed by atoms with Gasteiger partial charge in [0.1, 0.15) is 5.69 Å². The van der Waals surface area contributed by atoms with E-state index in [2.05, 4.69) is 25.7 Å². The maximum atomic E-state index is 11.0. The Bertz CT molecular complexity index is 723. The zero-order chi connectivity index (χ0) is 14.5. The van der Waals surface area contributed by atoms with Crippen LogP contribution in [0.15, 0.2) is 34.2 Å². The predicted molar refractivity (Wildman–Crippen MR) is 72.0 cm³/mol. The minimum atomic E-state index is -1.04. The van der Waals surface area contributed by atoms with Crippen LogP contribution in [-0.2, 0) is 0 Å². The second-order valence-corrected chi connectivity index (χ2v) is 3.84. The van der Waals surface area contributed by atoms with Gasteiger partial charge in [-0.1, -0.05) is 18.2 Å². The molecular formula is C12H11N5O3. The molecule has 0 aliphatic heterocycles. The lowest BCUT2D eigenvalue weighted by Crippen LogP contribution is -2.15. The molecule has 0 bridgehead atoms. The van der Waals surface area contributed by atoms with E-state index in [1.54, 1.807) is 25.1 Å². The highest BCUT2D eigenvalue weighted by Gasteiger charge is 2.06. The van der Waals surface area contributed by atoms with Crippen molar-refractivity contribution in [3.05, 3.63) is 51.6 Å². The van der Waals surface area contributed by atoms with Crippen LogP contribution in [-0.4, -0.2) is 32.5 Å². The van der Waals surface area contributed by atoms with E-state index in [9.17, 15) is 9.59 Å². The summed E-state index contributed by atoms with van der Waals surface area (Å²) in [6.45, 7) is 1.64. The van der Waals surface area contributed by atoms with Crippen LogP contribution in [0.1, 0.15) is 21.6 Å². The van der Waals surface area contributed by atoms with E-state index in [1.165, 1.54) is 12.3 Å². The molecule has 0 spiro atoms. The first-order chi connectivity index (χ1) is 9.58. The van der Waals surface area contributed by atoms with Gasteiger partial charge in [-0.15, -0.1) is 0 Å². The van der Waals surface area contributed by atoms with Gasteiger partial charge >= 0.3 is 11.7 Å². The summed E-state index contributed by atoms with van der Waals surface area (Å²) in [6, 6.07) is 6.42. The molecule has 1 aromatic carbocycles. The number of carboxylic acid groups (broad SMARTS) is 1. The van der Waals surface area contributed by atoms with E-state index in [0.717, 1.165) is 0 Å². The van der Waals surface area contributed by atoms with Gasteiger partial charge in [0.15, 0.2) is 5.82 Å². The third kappa shape index (κ3) is 3.05. The maximum Gasteiger partial charge on any atom is 0.363 e. The minimum absolute atomic E-state index is 0.131. The minimum Gasteiger partial charge on any atom is -0.478 e. The Morgan fingerprint density at radius 3 is 2.95 bits per heavy atom. The highest BCUT2D eigenvalue weighted by molar-refractivity contribution is 5.98. The van der Waals surface area contributed by atoms with Crippen molar-refractivity contribution in [1.82, 2.24) is 15.2 Å². The van der Waals surface area contributed by atoms with Gasteiger partial charge in [-0.05, 0) is 13.0 Å². The lowest BCUT2D eigenvalue weighted by Gasteiger charge is -2.02. The fourth-order valence-corrected chi connectivity index (χ4v) is 1.47. The predicted octanol–water partition coefficient (Wildman–Crippen LogP) is 0.618. The number of aromatic amines is 1. The molecule has 1 heterocycles. The molecular weight excluding hydrogens is 262 g/mol. The Hall–Kier alpha value is -3.03. The molecule has 2 rings (SSSR count). The normalized spacial score (nSPS) is 10.7. The van der Waals surface area contributed by atoms with Gasteiger partial charge in [0.2, 0.25) is 0 Å². The summed E-state index contributed by atoms with van der Waals surface area (Å²) in [7, 11) is 0. The first-order valence-electron chi connectivity index (χ1n) is 5.62. The molecule has 0 atom stereocenters. The Kier molecular flexibility index (Phi) is 3.85. The number of rotatable bonds is 4. The Balaban J connectivity index is 2.21. The van der Waals surface area contributed by atoms with Crippen LogP contribution in [0.3, 0.4) is 0 Å². The number of hydrogen-bond donors (Lipinski definition) is 3. The zero-order valence-electron chi connectivity index (χ0n) is 10.5. The first kappa shape index (κ1) is 13.4. The molecule has 0 saturated heterocycles. The second-order valence-electron chi connectivity index (χ2n) is 3.84. The average Bonchev–Trinajstić information content (AvgIpc) is 2.43. The number of carboxylic acids is 1. The van der Waals surface area contributed by atoms with Crippen molar-refractivity contribution in [2.45, 2.75) is 6.92 Å². The number of anilines is 1. The number of nitrogens with zero attached hydrogens (tertiary/aromatic N) is 3. The fraction of sp³-hybridized carbons (Fsp3) is 0.0833. The van der Waals surface area contributed by atoms with E-state index >= 15 is 0 Å². The maximum absolute atomic E-state index is 11.0. The van der Waals surface area contributed by atoms with E-state index in [-0.39, 0.29) is 11.4 Å². The summed E-state index contributed by atoms with van der Waals surface area (Å²) in [6.07, 6.45) is 1.34. The third-order valence-electron chi connectivity index (χ3n) is 2.44. The van der Waals surface area contributed by atoms with Crippen molar-refractivity contribution in [2.75, 3.05) is 5.43 Å². The molecule has 20 heavy (non-hydrogen) atoms. The number of hydrazone groups is 1. The highest BCUT2D eigenvalue weighted by Crippen LogP contribution is 2.07. The van der Waals surface area contributed by atoms with Crippen molar-refractivity contribution in [3.63, 3.8) is 0 Å². The molecule has 0 aliphatic rings. The standard InChI is InChI=1S/C12H11N5O3/c1-7-10(14-12(20)17-15-7)16-13-6-8-4-2-3-5-9(8)11(18)19/h2-6H,1H3,(H,18,19)(H2,14,16,17,20)/b13-6-. The Morgan fingerprint density at radius 2 is 2.20 bits per heavy atom. The quantitative estimate of drug-likeness (QED) is 0.554. The van der Waals surface area contributed by atoms with Crippen molar-refractivity contribution in [1.29, 1.82) is 0 Å². The largest absolute Gasteiger partial charge is 0.478 e. The number of hydrogen-bond acceptors (Lipinski definition) is 6. The third-order valence-corrected chi connectivity index (χ3v) is 2.44. The van der Waals surface area contributed by atoms with Gasteiger partial charge in [0.05, 0.1) is 11.8 Å². The molecule has 1 aromatic heterocycles. The summed E-state index contributed by atoms with van der Waals surface area (Å²) in [5.41, 5.74) is 2.98. The zero-order valence-corrected chi connectivity index (χ0v) is 10.5. The van der Waals surface area contributed by atoms with E-state index in [1.807, 2.05) is 0 Å². The summed E-state index contributed by atoms with van der Waals surface area (Å²) in [5.74, 6) is -0.836. The molecule has 3 N–H and O–H groups in total. The molecule has 2 aromatic rings. The number of H-pyrrole nitrogens is 1. The smallest absolute Gasteiger partial charge is 0.363 e. The molecule has 0 saturated carbocycles. The molecule has 8 heteroatoms.